The van der Waals surface area contributed by atoms with Crippen LogP contribution in [0.5, 0.6) is 0 Å². The zero-order valence-corrected chi connectivity index (χ0v) is 33.1. The minimum absolute atomic E-state index is 0. The van der Waals surface area contributed by atoms with Crippen molar-refractivity contribution >= 4 is 58.8 Å². The van der Waals surface area contributed by atoms with E-state index in [1.165, 1.54) is 22.3 Å². The molecule has 5 rings (SSSR count). The number of benzene rings is 4. The first-order valence-electron chi connectivity index (χ1n) is 16.4. The molecule has 51 heavy (non-hydrogen) atoms. The minimum Gasteiger partial charge on any atom is -0.741 e. The average Bonchev–Trinajstić information content (AvgIpc) is 3.12. The Labute approximate surface area is 317 Å². The second-order valence-corrected chi connectivity index (χ2v) is 12.6. The van der Waals surface area contributed by atoms with Crippen LogP contribution in [0.4, 0.5) is 24.5 Å². The molecule has 0 aliphatic carbocycles. The van der Waals surface area contributed by atoms with Crippen LogP contribution in [-0.2, 0) is 35.8 Å². The molecule has 0 fully saturated rings. The van der Waals surface area contributed by atoms with Gasteiger partial charge in [-0.1, -0.05) is 131 Å². The summed E-state index contributed by atoms with van der Waals surface area (Å²) in [6.45, 7) is 8.76. The van der Waals surface area contributed by atoms with Gasteiger partial charge in [0, 0.05) is 11.1 Å². The molecular weight excluding hydrogens is 774 g/mol. The van der Waals surface area contributed by atoms with E-state index in [1.54, 1.807) is 0 Å². The van der Waals surface area contributed by atoms with Crippen molar-refractivity contribution in [2.45, 2.75) is 58.9 Å². The third-order valence-corrected chi connectivity index (χ3v) is 8.56. The summed E-state index contributed by atoms with van der Waals surface area (Å²) < 4.78 is 58.9. The van der Waals surface area contributed by atoms with Gasteiger partial charge in [-0.15, -0.1) is 0 Å². The molecule has 11 heteroatoms. The van der Waals surface area contributed by atoms with Crippen molar-refractivity contribution in [3.8, 4) is 0 Å². The van der Waals surface area contributed by atoms with Crippen molar-refractivity contribution in [3.05, 3.63) is 160 Å². The number of para-hydroxylation sites is 2. The number of halogens is 3. The molecule has 4 aromatic carbocycles. The fraction of sp³-hybridized carbons (Fsp3) is 0.225. The van der Waals surface area contributed by atoms with Crippen LogP contribution in [0.3, 0.4) is 0 Å². The van der Waals surface area contributed by atoms with Gasteiger partial charge in [0.2, 0.25) is 0 Å². The monoisotopic (exact) mass is 813 g/mol. The van der Waals surface area contributed by atoms with Gasteiger partial charge in [-0.3, -0.25) is 0 Å². The van der Waals surface area contributed by atoms with Crippen LogP contribution in [0.25, 0.3) is 0 Å². The van der Waals surface area contributed by atoms with E-state index in [0.29, 0.717) is 0 Å². The largest absolute Gasteiger partial charge is 1.00 e. The predicted octanol–water partition coefficient (Wildman–Crippen LogP) is 9.34. The van der Waals surface area contributed by atoms with Gasteiger partial charge in [-0.25, -0.2) is 23.4 Å². The molecule has 0 amide bonds. The van der Waals surface area contributed by atoms with E-state index in [4.69, 9.17) is 27.9 Å². The van der Waals surface area contributed by atoms with Crippen molar-refractivity contribution in [2.24, 2.45) is 9.98 Å². The minimum atomic E-state index is -6.09. The second kappa shape index (κ2) is 19.0. The number of pyridine rings is 1. The van der Waals surface area contributed by atoms with Crippen molar-refractivity contribution in [2.75, 3.05) is 0 Å². The number of hydrogen-bond acceptors (Lipinski definition) is 6. The van der Waals surface area contributed by atoms with Crippen LogP contribution in [0.1, 0.15) is 72.5 Å². The van der Waals surface area contributed by atoms with Crippen molar-refractivity contribution in [1.29, 1.82) is 0 Å². The number of hydrogen-bond donors (Lipinski definition) is 0. The van der Waals surface area contributed by atoms with Gasteiger partial charge in [0.25, 0.3) is 0 Å². The molecule has 0 saturated heterocycles. The van der Waals surface area contributed by atoms with Crippen LogP contribution in [0.2, 0.25) is 0 Å². The number of aryl methyl sites for hydroxylation is 4. The van der Waals surface area contributed by atoms with Gasteiger partial charge in [-0.2, -0.15) is 13.2 Å². The molecular formula is C40H39F3InN3O3S. The summed E-state index contributed by atoms with van der Waals surface area (Å²) in [5.41, 5.74) is 6.90. The van der Waals surface area contributed by atoms with Crippen molar-refractivity contribution in [1.82, 2.24) is 4.98 Å². The van der Waals surface area contributed by atoms with Gasteiger partial charge in [0.1, 0.15) is 0 Å². The topological polar surface area (TPSA) is 94.8 Å². The number of rotatable bonds is 10. The number of aromatic nitrogens is 1. The Morgan fingerprint density at radius 1 is 0.569 bits per heavy atom. The Morgan fingerprint density at radius 3 is 1.14 bits per heavy atom. The van der Waals surface area contributed by atoms with Gasteiger partial charge in [0.15, 0.2) is 10.1 Å². The maximum atomic E-state index is 10.7. The average molecular weight is 814 g/mol. The fourth-order valence-electron chi connectivity index (χ4n) is 5.37. The Balaban J connectivity index is 0.000000699. The number of alkyl halides is 3. The smallest absolute Gasteiger partial charge is 0.741 e. The zero-order valence-electron chi connectivity index (χ0n) is 29.0. The normalized spacial score (nSPS) is 12.1. The SMILES string of the molecule is CCc1cccc(CC)c1N=C(c1ccccc1)c1cccc(C(=Nc2c(CC)cccc2CC)c2ccccc2)n1.O=S(=O)([O-])C(F)(F)F.[In+]. The molecule has 0 spiro atoms. The van der Waals surface area contributed by atoms with Crippen molar-refractivity contribution < 1.29 is 26.1 Å². The maximum absolute atomic E-state index is 10.7. The van der Waals surface area contributed by atoms with E-state index >= 15 is 0 Å². The molecule has 1 heterocycles. The molecule has 0 aliphatic rings. The number of aliphatic imine (C=N–C) groups is 2. The first-order valence-corrected chi connectivity index (χ1v) is 17.8. The third kappa shape index (κ3) is 10.7. The van der Waals surface area contributed by atoms with Crippen LogP contribution in [0.15, 0.2) is 125 Å². The summed E-state index contributed by atoms with van der Waals surface area (Å²) in [5, 5.41) is 0. The maximum Gasteiger partial charge on any atom is 1.00 e. The molecule has 0 aliphatic heterocycles. The van der Waals surface area contributed by atoms with E-state index in [0.717, 1.165) is 71.0 Å². The summed E-state index contributed by atoms with van der Waals surface area (Å²) >= 11 is 0. The van der Waals surface area contributed by atoms with E-state index < -0.39 is 15.6 Å². The summed E-state index contributed by atoms with van der Waals surface area (Å²) in [5.74, 6) is 0. The Bertz CT molecular complexity index is 1900. The quantitative estimate of drug-likeness (QED) is 0.0798. The Kier molecular flexibility index (Phi) is 15.4. The van der Waals surface area contributed by atoms with E-state index in [-0.39, 0.29) is 25.8 Å². The molecule has 1 aromatic heterocycles. The summed E-state index contributed by atoms with van der Waals surface area (Å²) in [6, 6.07) is 40.0. The van der Waals surface area contributed by atoms with Gasteiger partial charge < -0.3 is 4.55 Å². The molecule has 5 aromatic rings. The first kappa shape index (κ1) is 41.4. The molecule has 0 unspecified atom stereocenters. The molecule has 262 valence electrons. The molecule has 0 N–H and O–H groups in total. The number of nitrogens with zero attached hydrogens (tertiary/aromatic N) is 3. The summed E-state index contributed by atoms with van der Waals surface area (Å²) in [6.07, 6.45) is 3.68. The van der Waals surface area contributed by atoms with Gasteiger partial charge in [-0.05, 0) is 60.1 Å². The summed E-state index contributed by atoms with van der Waals surface area (Å²) in [4.78, 5) is 16.0. The first-order chi connectivity index (χ1) is 23.9. The van der Waals surface area contributed by atoms with Crippen LogP contribution in [-0.4, -0.2) is 60.7 Å². The van der Waals surface area contributed by atoms with Gasteiger partial charge in [0.05, 0.1) is 34.2 Å². The van der Waals surface area contributed by atoms with Crippen LogP contribution in [0, 0.1) is 0 Å². The predicted molar refractivity (Wildman–Crippen MR) is 200 cm³/mol. The van der Waals surface area contributed by atoms with E-state index in [2.05, 4.69) is 131 Å². The van der Waals surface area contributed by atoms with E-state index in [1.807, 2.05) is 12.1 Å². The molecule has 0 bridgehead atoms. The van der Waals surface area contributed by atoms with Crippen molar-refractivity contribution in [3.63, 3.8) is 0 Å². The fourth-order valence-corrected chi connectivity index (χ4v) is 5.37. The molecule has 0 atom stereocenters. The third-order valence-electron chi connectivity index (χ3n) is 7.99. The van der Waals surface area contributed by atoms with E-state index in [9.17, 15) is 13.2 Å². The molecule has 6 nitrogen and oxygen atoms in total. The zero-order chi connectivity index (χ0) is 36.3. The van der Waals surface area contributed by atoms with Gasteiger partial charge >= 0.3 is 31.4 Å². The molecule has 0 saturated carbocycles. The van der Waals surface area contributed by atoms with Crippen LogP contribution < -0.4 is 0 Å². The Hall–Kier alpha value is -4.06. The second-order valence-electron chi connectivity index (χ2n) is 11.2. The Morgan fingerprint density at radius 2 is 0.863 bits per heavy atom. The van der Waals surface area contributed by atoms with Crippen LogP contribution >= 0.6 is 0 Å². The summed E-state index contributed by atoms with van der Waals surface area (Å²) in [7, 11) is -6.09. The molecule has 2 radical (unpaired) electrons. The standard InChI is InChI=1S/C39H39N3.CHF3O3S.In/c1-5-28-22-15-23-29(6-2)36(28)41-38(32-18-11-9-12-19-32)34-26-17-27-35(40-34)39(33-20-13-10-14-21-33)42-37-30(7-3)24-16-25-31(37)8-4;2-1(3,4)8(5,6)7;/h9-27H,5-8H2,1-4H3;(H,5,6,7);/q;;+1/p-1.